The lowest BCUT2D eigenvalue weighted by Gasteiger charge is -2.11. The number of nitrogens with two attached hydrogens (primary N) is 1. The topological polar surface area (TPSA) is 50.9 Å². The summed E-state index contributed by atoms with van der Waals surface area (Å²) in [7, 11) is 0. The minimum absolute atomic E-state index is 0.0835. The number of pyridine rings is 1. The van der Waals surface area contributed by atoms with Gasteiger partial charge >= 0.3 is 0 Å². The third kappa shape index (κ3) is 2.99. The van der Waals surface area contributed by atoms with Crippen molar-refractivity contribution in [1.29, 1.82) is 0 Å². The molecule has 1 aromatic heterocycles. The highest BCUT2D eigenvalue weighted by atomic mass is 19.1. The summed E-state index contributed by atoms with van der Waals surface area (Å²) in [4.78, 5) is 3.66. The maximum Gasteiger partial charge on any atom is 0.169 e. The van der Waals surface area contributed by atoms with E-state index in [1.165, 1.54) is 0 Å². The molecule has 0 spiro atoms. The molecule has 0 fully saturated rings. The summed E-state index contributed by atoms with van der Waals surface area (Å²) in [6.45, 7) is 4.13. The number of nitrogens with zero attached hydrogens (tertiary/aromatic N) is 1. The van der Waals surface area contributed by atoms with Crippen LogP contribution in [0.25, 0.3) is 0 Å². The van der Waals surface area contributed by atoms with Crippen LogP contribution in [0.5, 0.6) is 0 Å². The number of halogens is 2. The predicted octanol–water partition coefficient (Wildman–Crippen LogP) is 3.81. The average molecular weight is 263 g/mol. The van der Waals surface area contributed by atoms with E-state index in [-0.39, 0.29) is 11.6 Å². The van der Waals surface area contributed by atoms with Crippen LogP contribution in [-0.2, 0) is 0 Å². The van der Waals surface area contributed by atoms with Crippen molar-refractivity contribution in [2.75, 3.05) is 11.1 Å². The molecule has 0 saturated heterocycles. The van der Waals surface area contributed by atoms with E-state index in [1.807, 2.05) is 18.2 Å². The third-order valence-electron chi connectivity index (χ3n) is 2.77. The van der Waals surface area contributed by atoms with Gasteiger partial charge in [-0.25, -0.2) is 13.8 Å². The first-order valence-electron chi connectivity index (χ1n) is 5.96. The van der Waals surface area contributed by atoms with E-state index < -0.39 is 11.6 Å². The van der Waals surface area contributed by atoms with E-state index in [0.717, 1.165) is 11.6 Å². The maximum absolute atomic E-state index is 13.6. The van der Waals surface area contributed by atoms with Crippen LogP contribution >= 0.6 is 0 Å². The summed E-state index contributed by atoms with van der Waals surface area (Å²) in [5, 5.41) is 2.80. The van der Waals surface area contributed by atoms with Crippen molar-refractivity contribution in [3.63, 3.8) is 0 Å². The normalized spacial score (nSPS) is 10.8. The molecule has 0 saturated carbocycles. The van der Waals surface area contributed by atoms with Crippen molar-refractivity contribution in [3.05, 3.63) is 47.5 Å². The summed E-state index contributed by atoms with van der Waals surface area (Å²) in [6.07, 6.45) is 0. The Balaban J connectivity index is 2.31. The Hall–Kier alpha value is -2.17. The van der Waals surface area contributed by atoms with Gasteiger partial charge in [-0.2, -0.15) is 0 Å². The second-order valence-electron chi connectivity index (χ2n) is 4.59. The highest BCUT2D eigenvalue weighted by molar-refractivity contribution is 5.59. The van der Waals surface area contributed by atoms with Gasteiger partial charge in [-0.3, -0.25) is 0 Å². The highest BCUT2D eigenvalue weighted by Gasteiger charge is 2.10. The minimum atomic E-state index is -0.862. The van der Waals surface area contributed by atoms with Crippen molar-refractivity contribution in [3.8, 4) is 0 Å². The molecule has 5 heteroatoms. The molecule has 0 radical (unpaired) electrons. The third-order valence-corrected chi connectivity index (χ3v) is 2.77. The van der Waals surface area contributed by atoms with Gasteiger partial charge in [0.05, 0.1) is 0 Å². The van der Waals surface area contributed by atoms with E-state index >= 15 is 0 Å². The number of nitrogen functional groups attached to an aromatic ring is 1. The molecule has 0 amide bonds. The Labute approximate surface area is 110 Å². The summed E-state index contributed by atoms with van der Waals surface area (Å²) in [6, 6.07) is 8.25. The van der Waals surface area contributed by atoms with E-state index in [1.54, 1.807) is 6.07 Å². The number of nitrogens with one attached hydrogen (secondary N) is 1. The molecular weight excluding hydrogens is 248 g/mol. The van der Waals surface area contributed by atoms with Crippen LogP contribution in [-0.4, -0.2) is 4.98 Å². The molecule has 0 unspecified atom stereocenters. The zero-order valence-electron chi connectivity index (χ0n) is 10.7. The highest BCUT2D eigenvalue weighted by Crippen LogP contribution is 2.23. The van der Waals surface area contributed by atoms with E-state index in [2.05, 4.69) is 24.1 Å². The van der Waals surface area contributed by atoms with E-state index in [4.69, 9.17) is 5.73 Å². The Morgan fingerprint density at radius 1 is 1.16 bits per heavy atom. The van der Waals surface area contributed by atoms with Crippen molar-refractivity contribution in [2.24, 2.45) is 0 Å². The molecule has 3 nitrogen and oxygen atoms in total. The molecule has 0 aliphatic rings. The van der Waals surface area contributed by atoms with Crippen LogP contribution in [0.2, 0.25) is 0 Å². The quantitative estimate of drug-likeness (QED) is 0.885. The van der Waals surface area contributed by atoms with Gasteiger partial charge < -0.3 is 11.1 Å². The summed E-state index contributed by atoms with van der Waals surface area (Å²) in [5.41, 5.74) is 7.12. The molecule has 0 aliphatic heterocycles. The fourth-order valence-corrected chi connectivity index (χ4v) is 1.68. The summed E-state index contributed by atoms with van der Waals surface area (Å²) < 4.78 is 26.6. The lowest BCUT2D eigenvalue weighted by molar-refractivity contribution is 0.581. The molecule has 0 aliphatic carbocycles. The van der Waals surface area contributed by atoms with Crippen LogP contribution in [0.15, 0.2) is 30.3 Å². The average Bonchev–Trinajstić information content (AvgIpc) is 2.36. The van der Waals surface area contributed by atoms with Gasteiger partial charge in [-0.1, -0.05) is 26.0 Å². The molecule has 0 bridgehead atoms. The zero-order valence-corrected chi connectivity index (χ0v) is 10.7. The van der Waals surface area contributed by atoms with Crippen LogP contribution in [0.4, 0.5) is 26.1 Å². The first-order valence-corrected chi connectivity index (χ1v) is 5.96. The monoisotopic (exact) mass is 263 g/mol. The Bertz CT molecular complexity index is 597. The Morgan fingerprint density at radius 3 is 2.58 bits per heavy atom. The van der Waals surface area contributed by atoms with Crippen LogP contribution in [0.3, 0.4) is 0 Å². The minimum Gasteiger partial charge on any atom is -0.381 e. The molecule has 1 heterocycles. The standard InChI is InChI=1S/C14H15F2N3/c1-8(2)9-4-3-5-10(6-9)18-14-12(16)7-11(15)13(17)19-14/h3-8H,1-2H3,(H3,17,18,19). The van der Waals surface area contributed by atoms with Gasteiger partial charge in [0.2, 0.25) is 0 Å². The largest absolute Gasteiger partial charge is 0.381 e. The van der Waals surface area contributed by atoms with Crippen molar-refractivity contribution < 1.29 is 8.78 Å². The molecule has 19 heavy (non-hydrogen) atoms. The van der Waals surface area contributed by atoms with Gasteiger partial charge in [0.25, 0.3) is 0 Å². The SMILES string of the molecule is CC(C)c1cccc(Nc2nc(N)c(F)cc2F)c1. The first-order chi connectivity index (χ1) is 8.97. The first kappa shape index (κ1) is 13.3. The smallest absolute Gasteiger partial charge is 0.169 e. The summed E-state index contributed by atoms with van der Waals surface area (Å²) in [5.74, 6) is -1.69. The number of anilines is 3. The van der Waals surface area contributed by atoms with Crippen LogP contribution in [0.1, 0.15) is 25.3 Å². The molecule has 2 aromatic rings. The molecule has 2 rings (SSSR count). The molecule has 100 valence electrons. The second kappa shape index (κ2) is 5.22. The van der Waals surface area contributed by atoms with Gasteiger partial charge in [0.15, 0.2) is 23.3 Å². The molecular formula is C14H15F2N3. The van der Waals surface area contributed by atoms with Crippen LogP contribution < -0.4 is 11.1 Å². The Morgan fingerprint density at radius 2 is 1.89 bits per heavy atom. The van der Waals surface area contributed by atoms with E-state index in [9.17, 15) is 8.78 Å². The van der Waals surface area contributed by atoms with Gasteiger partial charge in [-0.05, 0) is 23.6 Å². The fraction of sp³-hybridized carbons (Fsp3) is 0.214. The number of aromatic nitrogens is 1. The molecule has 1 aromatic carbocycles. The van der Waals surface area contributed by atoms with Crippen LogP contribution in [0, 0.1) is 11.6 Å². The Kier molecular flexibility index (Phi) is 3.64. The van der Waals surface area contributed by atoms with Crippen molar-refractivity contribution >= 4 is 17.3 Å². The maximum atomic E-state index is 13.6. The lowest BCUT2D eigenvalue weighted by atomic mass is 10.0. The number of hydrogen-bond acceptors (Lipinski definition) is 3. The van der Waals surface area contributed by atoms with Gasteiger partial charge in [0.1, 0.15) is 0 Å². The van der Waals surface area contributed by atoms with Crippen molar-refractivity contribution in [1.82, 2.24) is 4.98 Å². The van der Waals surface area contributed by atoms with Gasteiger partial charge in [0, 0.05) is 11.8 Å². The number of benzene rings is 1. The number of rotatable bonds is 3. The van der Waals surface area contributed by atoms with E-state index in [0.29, 0.717) is 11.6 Å². The van der Waals surface area contributed by atoms with Gasteiger partial charge in [-0.15, -0.1) is 0 Å². The molecule has 3 N–H and O–H groups in total. The van der Waals surface area contributed by atoms with Crippen molar-refractivity contribution in [2.45, 2.75) is 19.8 Å². The summed E-state index contributed by atoms with van der Waals surface area (Å²) >= 11 is 0. The molecule has 0 atom stereocenters. The predicted molar refractivity (Wildman–Crippen MR) is 72.4 cm³/mol. The zero-order chi connectivity index (χ0) is 14.0. The lowest BCUT2D eigenvalue weighted by Crippen LogP contribution is -2.03. The fourth-order valence-electron chi connectivity index (χ4n) is 1.68. The number of hydrogen-bond donors (Lipinski definition) is 2. The second-order valence-corrected chi connectivity index (χ2v) is 4.59.